The van der Waals surface area contributed by atoms with Crippen LogP contribution in [0.3, 0.4) is 0 Å². The van der Waals surface area contributed by atoms with Gasteiger partial charge in [-0.2, -0.15) is 0 Å². The molecule has 0 amide bonds. The minimum Gasteiger partial charge on any atom is -0.310 e. The monoisotopic (exact) mass is 261 g/mol. The first-order valence-corrected chi connectivity index (χ1v) is 6.95. The number of benzene rings is 1. The van der Waals surface area contributed by atoms with E-state index in [9.17, 15) is 0 Å². The van der Waals surface area contributed by atoms with E-state index in [0.29, 0.717) is 6.04 Å². The molecule has 0 radical (unpaired) electrons. The van der Waals surface area contributed by atoms with Gasteiger partial charge < -0.3 is 10.2 Å². The van der Waals surface area contributed by atoms with Crippen molar-refractivity contribution < 1.29 is 0 Å². The van der Waals surface area contributed by atoms with Crippen molar-refractivity contribution >= 4 is 11.3 Å². The largest absolute Gasteiger partial charge is 0.310 e. The minimum atomic E-state index is 0.402. The summed E-state index contributed by atoms with van der Waals surface area (Å²) < 4.78 is 0. The Kier molecular flexibility index (Phi) is 4.87. The Labute approximate surface area is 112 Å². The first kappa shape index (κ1) is 13.2. The highest BCUT2D eigenvalue weighted by molar-refractivity contribution is 7.09. The van der Waals surface area contributed by atoms with Crippen molar-refractivity contribution in [2.24, 2.45) is 0 Å². The summed E-state index contributed by atoms with van der Waals surface area (Å²) in [6.45, 7) is 1.83. The molecule has 96 valence electrons. The van der Waals surface area contributed by atoms with Gasteiger partial charge in [0.1, 0.15) is 0 Å². The number of likely N-dealkylation sites (N-methyl/N-ethyl adjacent to an activating group) is 1. The topological polar surface area (TPSA) is 28.2 Å². The number of thiazole rings is 1. The van der Waals surface area contributed by atoms with Gasteiger partial charge in [0.05, 0.1) is 5.51 Å². The summed E-state index contributed by atoms with van der Waals surface area (Å²) in [6.07, 6.45) is 1.92. The van der Waals surface area contributed by atoms with E-state index in [2.05, 4.69) is 59.6 Å². The molecule has 4 heteroatoms. The third kappa shape index (κ3) is 3.63. The molecule has 0 spiro atoms. The van der Waals surface area contributed by atoms with Crippen LogP contribution in [0.5, 0.6) is 0 Å². The van der Waals surface area contributed by atoms with Crippen molar-refractivity contribution in [1.29, 1.82) is 0 Å². The lowest BCUT2D eigenvalue weighted by molar-refractivity contribution is 0.288. The molecule has 0 saturated carbocycles. The summed E-state index contributed by atoms with van der Waals surface area (Å²) in [4.78, 5) is 7.60. The van der Waals surface area contributed by atoms with Crippen LogP contribution >= 0.6 is 11.3 Å². The molecule has 0 bridgehead atoms. The fraction of sp³-hybridized carbons (Fsp3) is 0.357. The van der Waals surface area contributed by atoms with Crippen LogP contribution in [0.1, 0.15) is 16.5 Å². The summed E-state index contributed by atoms with van der Waals surface area (Å²) in [5, 5.41) is 3.50. The Morgan fingerprint density at radius 1 is 1.28 bits per heavy atom. The van der Waals surface area contributed by atoms with Crippen molar-refractivity contribution in [2.45, 2.75) is 12.6 Å². The van der Waals surface area contributed by atoms with E-state index in [0.717, 1.165) is 13.1 Å². The predicted octanol–water partition coefficient (Wildman–Crippen LogP) is 2.54. The molecule has 1 atom stereocenters. The molecule has 1 aromatic heterocycles. The van der Waals surface area contributed by atoms with Gasteiger partial charge in [0.2, 0.25) is 0 Å². The Morgan fingerprint density at radius 2 is 2.06 bits per heavy atom. The van der Waals surface area contributed by atoms with E-state index >= 15 is 0 Å². The summed E-state index contributed by atoms with van der Waals surface area (Å²) in [6, 6.07) is 11.0. The first-order chi connectivity index (χ1) is 8.77. The van der Waals surface area contributed by atoms with Gasteiger partial charge >= 0.3 is 0 Å². The zero-order chi connectivity index (χ0) is 12.8. The zero-order valence-electron chi connectivity index (χ0n) is 10.8. The average molecular weight is 261 g/mol. The van der Waals surface area contributed by atoms with E-state index in [1.807, 2.05) is 11.7 Å². The summed E-state index contributed by atoms with van der Waals surface area (Å²) in [5.74, 6) is 0. The number of aromatic nitrogens is 1. The smallest absolute Gasteiger partial charge is 0.0794 e. The molecule has 2 rings (SSSR count). The van der Waals surface area contributed by atoms with E-state index in [1.165, 1.54) is 10.4 Å². The quantitative estimate of drug-likeness (QED) is 0.866. The van der Waals surface area contributed by atoms with Gasteiger partial charge in [-0.15, -0.1) is 11.3 Å². The molecule has 1 N–H and O–H groups in total. The Bertz CT molecular complexity index is 439. The van der Waals surface area contributed by atoms with Crippen LogP contribution in [0.25, 0.3) is 0 Å². The van der Waals surface area contributed by atoms with Gasteiger partial charge in [-0.05, 0) is 19.7 Å². The van der Waals surface area contributed by atoms with Crippen molar-refractivity contribution in [2.75, 3.05) is 20.6 Å². The van der Waals surface area contributed by atoms with Crippen molar-refractivity contribution in [3.8, 4) is 0 Å². The van der Waals surface area contributed by atoms with Crippen LogP contribution in [0.2, 0.25) is 0 Å². The molecule has 0 aliphatic carbocycles. The van der Waals surface area contributed by atoms with Crippen molar-refractivity contribution in [1.82, 2.24) is 15.2 Å². The fourth-order valence-corrected chi connectivity index (χ4v) is 2.50. The molecule has 1 unspecified atom stereocenters. The number of hydrogen-bond donors (Lipinski definition) is 1. The maximum Gasteiger partial charge on any atom is 0.0794 e. The van der Waals surface area contributed by atoms with Gasteiger partial charge in [0.15, 0.2) is 0 Å². The van der Waals surface area contributed by atoms with E-state index in [4.69, 9.17) is 0 Å². The van der Waals surface area contributed by atoms with E-state index in [1.54, 1.807) is 11.3 Å². The molecular formula is C14H19N3S. The zero-order valence-corrected chi connectivity index (χ0v) is 11.7. The van der Waals surface area contributed by atoms with Crippen LogP contribution in [-0.2, 0) is 6.54 Å². The highest BCUT2D eigenvalue weighted by Gasteiger charge is 2.12. The van der Waals surface area contributed by atoms with Gasteiger partial charge in [0, 0.05) is 30.2 Å². The van der Waals surface area contributed by atoms with Crippen LogP contribution in [0, 0.1) is 0 Å². The third-order valence-electron chi connectivity index (χ3n) is 2.93. The van der Waals surface area contributed by atoms with Gasteiger partial charge in [-0.1, -0.05) is 30.3 Å². The molecule has 1 aromatic carbocycles. The van der Waals surface area contributed by atoms with Crippen molar-refractivity contribution in [3.63, 3.8) is 0 Å². The molecule has 0 aliphatic rings. The van der Waals surface area contributed by atoms with Crippen LogP contribution in [-0.4, -0.2) is 30.5 Å². The fourth-order valence-electron chi connectivity index (χ4n) is 1.94. The molecular weight excluding hydrogens is 242 g/mol. The third-order valence-corrected chi connectivity index (χ3v) is 3.71. The number of hydrogen-bond acceptors (Lipinski definition) is 4. The highest BCUT2D eigenvalue weighted by Crippen LogP contribution is 2.17. The minimum absolute atomic E-state index is 0.402. The van der Waals surface area contributed by atoms with Crippen molar-refractivity contribution in [3.05, 3.63) is 52.5 Å². The lowest BCUT2D eigenvalue weighted by Gasteiger charge is -2.25. The maximum absolute atomic E-state index is 4.08. The normalized spacial score (nSPS) is 12.8. The van der Waals surface area contributed by atoms with Gasteiger partial charge in [-0.25, -0.2) is 0 Å². The summed E-state index contributed by atoms with van der Waals surface area (Å²) in [7, 11) is 4.23. The Morgan fingerprint density at radius 3 is 2.67 bits per heavy atom. The Hall–Kier alpha value is -1.23. The van der Waals surface area contributed by atoms with E-state index < -0.39 is 0 Å². The summed E-state index contributed by atoms with van der Waals surface area (Å²) in [5.41, 5.74) is 3.22. The average Bonchev–Trinajstić information content (AvgIpc) is 2.88. The Balaban J connectivity index is 1.91. The molecule has 0 aliphatic heterocycles. The predicted molar refractivity (Wildman–Crippen MR) is 76.7 cm³/mol. The number of rotatable bonds is 6. The number of nitrogens with one attached hydrogen (secondary N) is 1. The van der Waals surface area contributed by atoms with Crippen LogP contribution in [0.4, 0.5) is 0 Å². The highest BCUT2D eigenvalue weighted by atomic mass is 32.1. The first-order valence-electron chi connectivity index (χ1n) is 6.07. The second-order valence-electron chi connectivity index (χ2n) is 4.49. The molecule has 1 heterocycles. The maximum atomic E-state index is 4.08. The molecule has 18 heavy (non-hydrogen) atoms. The second kappa shape index (κ2) is 6.64. The van der Waals surface area contributed by atoms with Crippen LogP contribution < -0.4 is 5.32 Å². The summed E-state index contributed by atoms with van der Waals surface area (Å²) >= 11 is 1.69. The lowest BCUT2D eigenvalue weighted by atomic mass is 10.1. The van der Waals surface area contributed by atoms with Gasteiger partial charge in [-0.3, -0.25) is 4.98 Å². The number of nitrogens with zero attached hydrogens (tertiary/aromatic N) is 2. The van der Waals surface area contributed by atoms with Crippen LogP contribution in [0.15, 0.2) is 42.0 Å². The van der Waals surface area contributed by atoms with Gasteiger partial charge in [0.25, 0.3) is 0 Å². The van der Waals surface area contributed by atoms with E-state index in [-0.39, 0.29) is 0 Å². The second-order valence-corrected chi connectivity index (χ2v) is 5.46. The SMILES string of the molecule is CN(C)C(CNCc1cncs1)c1ccccc1. The lowest BCUT2D eigenvalue weighted by Crippen LogP contribution is -2.30. The molecule has 0 fully saturated rings. The standard InChI is InChI=1S/C14H19N3S/c1-17(2)14(12-6-4-3-5-7-12)10-15-8-13-9-16-11-18-13/h3-7,9,11,14-15H,8,10H2,1-2H3. The molecule has 3 nitrogen and oxygen atoms in total. The molecule has 0 saturated heterocycles. The molecule has 2 aromatic rings.